The van der Waals surface area contributed by atoms with Crippen LogP contribution in [-0.2, 0) is 0 Å². The smallest absolute Gasteiger partial charge is 0.0192 e. The van der Waals surface area contributed by atoms with Gasteiger partial charge in [0.1, 0.15) is 0 Å². The largest absolute Gasteiger partial charge is 0.313 e. The number of nitrogens with zero attached hydrogens (tertiary/aromatic N) is 1. The van der Waals surface area contributed by atoms with E-state index in [1.165, 1.54) is 32.2 Å². The second-order valence-electron chi connectivity index (χ2n) is 4.47. The summed E-state index contributed by atoms with van der Waals surface area (Å²) >= 11 is 0. The molecule has 15 heavy (non-hydrogen) atoms. The summed E-state index contributed by atoms with van der Waals surface area (Å²) in [5.41, 5.74) is 0. The van der Waals surface area contributed by atoms with Gasteiger partial charge in [-0.3, -0.25) is 0 Å². The summed E-state index contributed by atoms with van der Waals surface area (Å²) in [6, 6.07) is 1.41. The topological polar surface area (TPSA) is 15.3 Å². The van der Waals surface area contributed by atoms with Crippen molar-refractivity contribution in [1.29, 1.82) is 0 Å². The van der Waals surface area contributed by atoms with Crippen LogP contribution in [0.1, 0.15) is 53.4 Å². The monoisotopic (exact) mass is 214 g/mol. The summed E-state index contributed by atoms with van der Waals surface area (Å²) in [5, 5.41) is 3.61. The molecule has 2 heteroatoms. The molecule has 0 amide bonds. The van der Waals surface area contributed by atoms with Gasteiger partial charge in [0.15, 0.2) is 0 Å². The Bertz CT molecular complexity index is 132. The molecule has 92 valence electrons. The summed E-state index contributed by atoms with van der Waals surface area (Å²) in [6.45, 7) is 11.4. The van der Waals surface area contributed by atoms with Crippen LogP contribution in [0, 0.1) is 0 Å². The average molecular weight is 214 g/mol. The number of rotatable bonds is 9. The molecule has 0 radical (unpaired) electrons. The van der Waals surface area contributed by atoms with Crippen molar-refractivity contribution < 1.29 is 0 Å². The molecule has 1 unspecified atom stereocenters. The van der Waals surface area contributed by atoms with Crippen LogP contribution in [0.25, 0.3) is 0 Å². The molecule has 0 bridgehead atoms. The summed E-state index contributed by atoms with van der Waals surface area (Å²) in [6.07, 6.45) is 4.98. The number of likely N-dealkylation sites (N-methyl/N-ethyl adjacent to an activating group) is 1. The SMILES string of the molecule is CCCNC(CC)CN(C)C(CC)CC. The Morgan fingerprint density at radius 1 is 1.00 bits per heavy atom. The molecule has 0 aliphatic carbocycles. The fraction of sp³-hybridized carbons (Fsp3) is 1.00. The molecule has 0 aliphatic heterocycles. The van der Waals surface area contributed by atoms with Gasteiger partial charge in [-0.1, -0.05) is 27.7 Å². The maximum Gasteiger partial charge on any atom is 0.0192 e. The van der Waals surface area contributed by atoms with E-state index >= 15 is 0 Å². The Morgan fingerprint density at radius 2 is 1.60 bits per heavy atom. The molecule has 0 heterocycles. The number of nitrogens with one attached hydrogen (secondary N) is 1. The summed E-state index contributed by atoms with van der Waals surface area (Å²) in [4.78, 5) is 2.51. The Hall–Kier alpha value is -0.0800. The van der Waals surface area contributed by atoms with E-state index in [-0.39, 0.29) is 0 Å². The zero-order valence-corrected chi connectivity index (χ0v) is 11.3. The zero-order valence-electron chi connectivity index (χ0n) is 11.3. The normalized spacial score (nSPS) is 13.8. The Labute approximate surface area is 96.4 Å². The van der Waals surface area contributed by atoms with Gasteiger partial charge < -0.3 is 10.2 Å². The van der Waals surface area contributed by atoms with Gasteiger partial charge in [-0.05, 0) is 39.3 Å². The lowest BCUT2D eigenvalue weighted by Crippen LogP contribution is -2.43. The first-order valence-electron chi connectivity index (χ1n) is 6.63. The van der Waals surface area contributed by atoms with E-state index < -0.39 is 0 Å². The van der Waals surface area contributed by atoms with Gasteiger partial charge in [-0.15, -0.1) is 0 Å². The molecular formula is C13H30N2. The van der Waals surface area contributed by atoms with Gasteiger partial charge in [0.25, 0.3) is 0 Å². The minimum absolute atomic E-state index is 0.663. The lowest BCUT2D eigenvalue weighted by molar-refractivity contribution is 0.203. The molecule has 0 aromatic carbocycles. The van der Waals surface area contributed by atoms with E-state index in [4.69, 9.17) is 0 Å². The predicted molar refractivity (Wildman–Crippen MR) is 69.4 cm³/mol. The standard InChI is InChI=1S/C13H30N2/c1-6-10-14-12(7-2)11-15(5)13(8-3)9-4/h12-14H,6-11H2,1-5H3. The summed E-state index contributed by atoms with van der Waals surface area (Å²) < 4.78 is 0. The molecule has 0 fully saturated rings. The molecule has 0 aromatic rings. The van der Waals surface area contributed by atoms with Crippen LogP contribution in [0.5, 0.6) is 0 Å². The molecule has 0 rings (SSSR count). The Morgan fingerprint density at radius 3 is 2.00 bits per heavy atom. The molecule has 0 saturated heterocycles. The lowest BCUT2D eigenvalue weighted by atomic mass is 10.1. The maximum absolute atomic E-state index is 3.61. The molecular weight excluding hydrogens is 184 g/mol. The van der Waals surface area contributed by atoms with E-state index in [9.17, 15) is 0 Å². The van der Waals surface area contributed by atoms with Gasteiger partial charge in [-0.2, -0.15) is 0 Å². The highest BCUT2D eigenvalue weighted by atomic mass is 15.1. The molecule has 0 aromatic heterocycles. The van der Waals surface area contributed by atoms with Crippen molar-refractivity contribution in [2.24, 2.45) is 0 Å². The number of hydrogen-bond donors (Lipinski definition) is 1. The van der Waals surface area contributed by atoms with Crippen LogP contribution < -0.4 is 5.32 Å². The summed E-state index contributed by atoms with van der Waals surface area (Å²) in [5.74, 6) is 0. The van der Waals surface area contributed by atoms with Crippen LogP contribution in [0.3, 0.4) is 0 Å². The van der Waals surface area contributed by atoms with Crippen molar-refractivity contribution in [3.63, 3.8) is 0 Å². The van der Waals surface area contributed by atoms with Gasteiger partial charge in [0.2, 0.25) is 0 Å². The highest BCUT2D eigenvalue weighted by Gasteiger charge is 2.14. The minimum Gasteiger partial charge on any atom is -0.313 e. The highest BCUT2D eigenvalue weighted by molar-refractivity contribution is 4.73. The van der Waals surface area contributed by atoms with Crippen molar-refractivity contribution in [2.75, 3.05) is 20.1 Å². The zero-order chi connectivity index (χ0) is 11.7. The summed E-state index contributed by atoms with van der Waals surface area (Å²) in [7, 11) is 2.26. The van der Waals surface area contributed by atoms with Crippen molar-refractivity contribution in [2.45, 2.75) is 65.5 Å². The van der Waals surface area contributed by atoms with Crippen molar-refractivity contribution in [1.82, 2.24) is 10.2 Å². The minimum atomic E-state index is 0.663. The van der Waals surface area contributed by atoms with Gasteiger partial charge >= 0.3 is 0 Å². The van der Waals surface area contributed by atoms with Crippen molar-refractivity contribution in [3.05, 3.63) is 0 Å². The van der Waals surface area contributed by atoms with Crippen LogP contribution in [-0.4, -0.2) is 37.1 Å². The highest BCUT2D eigenvalue weighted by Crippen LogP contribution is 2.07. The van der Waals surface area contributed by atoms with E-state index in [0.717, 1.165) is 12.6 Å². The van der Waals surface area contributed by atoms with Crippen LogP contribution in [0.4, 0.5) is 0 Å². The van der Waals surface area contributed by atoms with E-state index in [2.05, 4.69) is 45.0 Å². The number of hydrogen-bond acceptors (Lipinski definition) is 2. The van der Waals surface area contributed by atoms with E-state index in [0.29, 0.717) is 6.04 Å². The van der Waals surface area contributed by atoms with Crippen molar-refractivity contribution in [3.8, 4) is 0 Å². The van der Waals surface area contributed by atoms with E-state index in [1.54, 1.807) is 0 Å². The maximum atomic E-state index is 3.61. The Balaban J connectivity index is 3.92. The average Bonchev–Trinajstić information content (AvgIpc) is 2.25. The third-order valence-electron chi connectivity index (χ3n) is 3.25. The first-order valence-corrected chi connectivity index (χ1v) is 6.63. The Kier molecular flexibility index (Phi) is 9.12. The van der Waals surface area contributed by atoms with Gasteiger partial charge in [-0.25, -0.2) is 0 Å². The van der Waals surface area contributed by atoms with Crippen molar-refractivity contribution >= 4 is 0 Å². The third kappa shape index (κ3) is 6.16. The molecule has 2 nitrogen and oxygen atoms in total. The van der Waals surface area contributed by atoms with Gasteiger partial charge in [0.05, 0.1) is 0 Å². The lowest BCUT2D eigenvalue weighted by Gasteiger charge is -2.30. The molecule has 1 N–H and O–H groups in total. The van der Waals surface area contributed by atoms with Crippen LogP contribution in [0.2, 0.25) is 0 Å². The second-order valence-corrected chi connectivity index (χ2v) is 4.47. The van der Waals surface area contributed by atoms with E-state index in [1.807, 2.05) is 0 Å². The quantitative estimate of drug-likeness (QED) is 0.635. The second kappa shape index (κ2) is 9.17. The third-order valence-corrected chi connectivity index (χ3v) is 3.25. The molecule has 0 saturated carbocycles. The first-order chi connectivity index (χ1) is 7.19. The predicted octanol–water partition coefficient (Wildman–Crippen LogP) is 2.89. The van der Waals surface area contributed by atoms with Crippen LogP contribution in [0.15, 0.2) is 0 Å². The molecule has 0 aliphatic rings. The van der Waals surface area contributed by atoms with Crippen LogP contribution >= 0.6 is 0 Å². The molecule has 1 atom stereocenters. The van der Waals surface area contributed by atoms with Gasteiger partial charge in [0, 0.05) is 18.6 Å². The first kappa shape index (κ1) is 14.9. The molecule has 0 spiro atoms. The fourth-order valence-electron chi connectivity index (χ4n) is 2.10. The fourth-order valence-corrected chi connectivity index (χ4v) is 2.10.